The maximum Gasteiger partial charge on any atom is 0.0500 e. The van der Waals surface area contributed by atoms with Crippen molar-refractivity contribution in [3.8, 4) is 0 Å². The van der Waals surface area contributed by atoms with Crippen molar-refractivity contribution in [2.24, 2.45) is 16.7 Å². The second-order valence-electron chi connectivity index (χ2n) is 5.13. The van der Waals surface area contributed by atoms with Crippen molar-refractivity contribution >= 4 is 0 Å². The molecule has 0 spiro atoms. The molecule has 1 saturated heterocycles. The van der Waals surface area contributed by atoms with E-state index in [1.165, 1.54) is 12.8 Å². The molecule has 0 aromatic rings. The van der Waals surface area contributed by atoms with Gasteiger partial charge in [0.2, 0.25) is 0 Å². The van der Waals surface area contributed by atoms with Crippen molar-refractivity contribution in [1.29, 1.82) is 0 Å². The topological polar surface area (TPSA) is 9.23 Å². The molecule has 1 aliphatic carbocycles. The molecule has 1 saturated carbocycles. The number of hydrogen-bond acceptors (Lipinski definition) is 1. The quantitative estimate of drug-likeness (QED) is 0.521. The van der Waals surface area contributed by atoms with Gasteiger partial charge in [-0.05, 0) is 29.6 Å². The molecular weight excluding hydrogens is 136 g/mol. The lowest BCUT2D eigenvalue weighted by atomic mass is 9.73. The highest BCUT2D eigenvalue weighted by Gasteiger charge is 2.61. The third-order valence-electron chi connectivity index (χ3n) is 3.74. The smallest absolute Gasteiger partial charge is 0.0500 e. The van der Waals surface area contributed by atoms with Crippen LogP contribution >= 0.6 is 0 Å². The molecule has 0 radical (unpaired) electrons. The van der Waals surface area contributed by atoms with Gasteiger partial charge in [0, 0.05) is 13.2 Å². The fourth-order valence-electron chi connectivity index (χ4n) is 2.68. The van der Waals surface area contributed by atoms with Crippen LogP contribution in [0.25, 0.3) is 0 Å². The van der Waals surface area contributed by atoms with Gasteiger partial charge in [-0.15, -0.1) is 0 Å². The van der Waals surface area contributed by atoms with Crippen LogP contribution < -0.4 is 0 Å². The molecule has 0 aromatic carbocycles. The van der Waals surface area contributed by atoms with Crippen LogP contribution in [0.1, 0.15) is 33.6 Å². The molecule has 2 rings (SSSR count). The molecule has 0 bridgehead atoms. The van der Waals surface area contributed by atoms with E-state index < -0.39 is 0 Å². The summed E-state index contributed by atoms with van der Waals surface area (Å²) in [6.07, 6.45) is 2.71. The van der Waals surface area contributed by atoms with E-state index in [1.54, 1.807) is 0 Å². The first kappa shape index (κ1) is 7.60. The molecule has 0 amide bonds. The third kappa shape index (κ3) is 0.936. The van der Waals surface area contributed by atoms with Gasteiger partial charge in [0.25, 0.3) is 0 Å². The van der Waals surface area contributed by atoms with E-state index in [9.17, 15) is 0 Å². The van der Waals surface area contributed by atoms with E-state index in [0.29, 0.717) is 10.8 Å². The lowest BCUT2D eigenvalue weighted by Gasteiger charge is -2.34. The van der Waals surface area contributed by atoms with Gasteiger partial charge in [0.15, 0.2) is 0 Å². The minimum atomic E-state index is 0.501. The van der Waals surface area contributed by atoms with Gasteiger partial charge >= 0.3 is 0 Å². The zero-order valence-corrected chi connectivity index (χ0v) is 7.81. The van der Waals surface area contributed by atoms with Crippen molar-refractivity contribution in [1.82, 2.24) is 0 Å². The molecule has 2 aliphatic rings. The van der Waals surface area contributed by atoms with Crippen LogP contribution in [-0.2, 0) is 4.74 Å². The van der Waals surface area contributed by atoms with Gasteiger partial charge in [-0.3, -0.25) is 0 Å². The van der Waals surface area contributed by atoms with E-state index in [4.69, 9.17) is 4.74 Å². The summed E-state index contributed by atoms with van der Waals surface area (Å²) in [5.74, 6) is 0.885. The first-order valence-electron chi connectivity index (χ1n) is 4.64. The van der Waals surface area contributed by atoms with E-state index in [2.05, 4.69) is 20.8 Å². The first-order valence-corrected chi connectivity index (χ1v) is 4.64. The van der Waals surface area contributed by atoms with Gasteiger partial charge in [0.1, 0.15) is 0 Å². The number of rotatable bonds is 0. The summed E-state index contributed by atoms with van der Waals surface area (Å²) in [7, 11) is 0. The number of hydrogen-bond donors (Lipinski definition) is 0. The molecule has 1 heteroatoms. The molecule has 0 aromatic heterocycles. The van der Waals surface area contributed by atoms with Crippen molar-refractivity contribution in [2.45, 2.75) is 33.6 Å². The second-order valence-corrected chi connectivity index (χ2v) is 5.13. The highest BCUT2D eigenvalue weighted by Crippen LogP contribution is 2.66. The molecular formula is C10H18O. The Morgan fingerprint density at radius 3 is 2.55 bits per heavy atom. The van der Waals surface area contributed by atoms with Crippen molar-refractivity contribution in [2.75, 3.05) is 13.2 Å². The molecule has 0 unspecified atom stereocenters. The Hall–Kier alpha value is -0.0400. The summed E-state index contributed by atoms with van der Waals surface area (Å²) in [4.78, 5) is 0. The van der Waals surface area contributed by atoms with Gasteiger partial charge < -0.3 is 4.74 Å². The van der Waals surface area contributed by atoms with Crippen LogP contribution in [0.2, 0.25) is 0 Å². The summed E-state index contributed by atoms with van der Waals surface area (Å²) in [5, 5.41) is 0. The summed E-state index contributed by atoms with van der Waals surface area (Å²) >= 11 is 0. The molecule has 2 atom stereocenters. The summed E-state index contributed by atoms with van der Waals surface area (Å²) in [5.41, 5.74) is 1.16. The average Bonchev–Trinajstić information content (AvgIpc) is 2.59. The minimum absolute atomic E-state index is 0.501. The Morgan fingerprint density at radius 1 is 1.36 bits per heavy atom. The average molecular weight is 154 g/mol. The third-order valence-corrected chi connectivity index (χ3v) is 3.74. The Bertz CT molecular complexity index is 168. The van der Waals surface area contributed by atoms with Crippen LogP contribution in [-0.4, -0.2) is 13.2 Å². The monoisotopic (exact) mass is 154 g/mol. The zero-order valence-electron chi connectivity index (χ0n) is 7.81. The van der Waals surface area contributed by atoms with E-state index in [1.807, 2.05) is 0 Å². The Balaban J connectivity index is 2.13. The van der Waals surface area contributed by atoms with Gasteiger partial charge in [0.05, 0.1) is 0 Å². The van der Waals surface area contributed by atoms with Gasteiger partial charge in [-0.1, -0.05) is 20.8 Å². The van der Waals surface area contributed by atoms with Crippen LogP contribution in [0.15, 0.2) is 0 Å². The summed E-state index contributed by atoms with van der Waals surface area (Å²) < 4.78 is 5.44. The van der Waals surface area contributed by atoms with Crippen LogP contribution in [0.3, 0.4) is 0 Å². The van der Waals surface area contributed by atoms with Crippen molar-refractivity contribution in [3.63, 3.8) is 0 Å². The van der Waals surface area contributed by atoms with Crippen LogP contribution in [0, 0.1) is 16.7 Å². The number of ether oxygens (including phenoxy) is 1. The maximum absolute atomic E-state index is 5.44. The molecule has 1 heterocycles. The molecule has 1 nitrogen and oxygen atoms in total. The molecule has 64 valence electrons. The van der Waals surface area contributed by atoms with E-state index in [-0.39, 0.29) is 0 Å². The predicted octanol–water partition coefficient (Wildman–Crippen LogP) is 2.46. The Labute approximate surface area is 69.1 Å². The minimum Gasteiger partial charge on any atom is -0.381 e. The Morgan fingerprint density at radius 2 is 2.09 bits per heavy atom. The fourth-order valence-corrected chi connectivity index (χ4v) is 2.68. The van der Waals surface area contributed by atoms with Crippen molar-refractivity contribution < 1.29 is 4.74 Å². The van der Waals surface area contributed by atoms with E-state index >= 15 is 0 Å². The highest BCUT2D eigenvalue weighted by molar-refractivity contribution is 5.09. The lowest BCUT2D eigenvalue weighted by Crippen LogP contribution is -2.30. The lowest BCUT2D eigenvalue weighted by molar-refractivity contribution is 0.0204. The van der Waals surface area contributed by atoms with Gasteiger partial charge in [-0.2, -0.15) is 0 Å². The first-order chi connectivity index (χ1) is 5.06. The summed E-state index contributed by atoms with van der Waals surface area (Å²) in [6.45, 7) is 9.14. The molecule has 2 fully saturated rings. The fraction of sp³-hybridized carbons (Fsp3) is 1.00. The molecule has 0 N–H and O–H groups in total. The van der Waals surface area contributed by atoms with E-state index in [0.717, 1.165) is 19.1 Å². The number of fused-ring (bicyclic) bond motifs is 1. The predicted molar refractivity (Wildman–Crippen MR) is 45.4 cm³/mol. The molecule has 1 aliphatic heterocycles. The standard InChI is InChI=1S/C10H18O/c1-9(2,3)10-4-5-11-7-8(10)6-10/h8H,4-7H2,1-3H3/t8-,10+/m0/s1. The highest BCUT2D eigenvalue weighted by atomic mass is 16.5. The van der Waals surface area contributed by atoms with Crippen molar-refractivity contribution in [3.05, 3.63) is 0 Å². The Kier molecular flexibility index (Phi) is 1.39. The SMILES string of the molecule is CC(C)(C)[C@@]12CCOC[C@@H]1C2. The largest absolute Gasteiger partial charge is 0.381 e. The normalized spacial score (nSPS) is 43.4. The van der Waals surface area contributed by atoms with Crippen LogP contribution in [0.4, 0.5) is 0 Å². The molecule has 11 heavy (non-hydrogen) atoms. The maximum atomic E-state index is 5.44. The second kappa shape index (κ2) is 2.01. The summed E-state index contributed by atoms with van der Waals surface area (Å²) in [6, 6.07) is 0. The van der Waals surface area contributed by atoms with Gasteiger partial charge in [-0.25, -0.2) is 0 Å². The zero-order chi connectivity index (χ0) is 8.11. The van der Waals surface area contributed by atoms with Crippen LogP contribution in [0.5, 0.6) is 0 Å².